The third-order valence-electron chi connectivity index (χ3n) is 7.55. The second-order valence-corrected chi connectivity index (χ2v) is 13.2. The monoisotopic (exact) mass is 666 g/mol. The van der Waals surface area contributed by atoms with Crippen LogP contribution in [0.25, 0.3) is 10.2 Å². The molecule has 5 rings (SSSR count). The van der Waals surface area contributed by atoms with Crippen LogP contribution in [0.5, 0.6) is 5.75 Å². The van der Waals surface area contributed by atoms with Crippen LogP contribution >= 0.6 is 23.7 Å². The quantitative estimate of drug-likeness (QED) is 0.348. The fourth-order valence-corrected chi connectivity index (χ4v) is 7.62. The van der Waals surface area contributed by atoms with Crippen molar-refractivity contribution in [2.75, 3.05) is 83.6 Å². The molecular weight excluding hydrogens is 628 g/mol. The zero-order chi connectivity index (χ0) is 30.4. The first-order chi connectivity index (χ1) is 20.8. The van der Waals surface area contributed by atoms with Crippen molar-refractivity contribution in [3.8, 4) is 5.75 Å². The summed E-state index contributed by atoms with van der Waals surface area (Å²) in [5.74, 6) is 0.573. The Morgan fingerprint density at radius 1 is 0.932 bits per heavy atom. The van der Waals surface area contributed by atoms with E-state index >= 15 is 0 Å². The van der Waals surface area contributed by atoms with Gasteiger partial charge in [-0.2, -0.15) is 4.31 Å². The molecular formula is C29H39ClN6O6S2. The summed E-state index contributed by atoms with van der Waals surface area (Å²) in [7, 11) is -3.73. The second kappa shape index (κ2) is 15.2. The number of anilines is 1. The molecule has 3 heterocycles. The molecule has 0 unspecified atom stereocenters. The first-order valence-corrected chi connectivity index (χ1v) is 16.9. The van der Waals surface area contributed by atoms with Gasteiger partial charge in [-0.3, -0.25) is 9.69 Å². The number of fused-ring (bicyclic) bond motifs is 1. The van der Waals surface area contributed by atoms with Gasteiger partial charge in [-0.15, -0.1) is 12.4 Å². The van der Waals surface area contributed by atoms with Gasteiger partial charge in [0, 0.05) is 71.0 Å². The van der Waals surface area contributed by atoms with E-state index in [4.69, 9.17) is 14.5 Å². The number of piperazine rings is 2. The number of carbonyl (C=O) groups excluding carboxylic acids is 2. The van der Waals surface area contributed by atoms with E-state index in [0.29, 0.717) is 18.7 Å². The van der Waals surface area contributed by atoms with Gasteiger partial charge in [0.15, 0.2) is 5.13 Å². The molecule has 0 spiro atoms. The van der Waals surface area contributed by atoms with Gasteiger partial charge in [-0.05, 0) is 50.2 Å². The van der Waals surface area contributed by atoms with E-state index in [2.05, 4.69) is 21.2 Å². The molecule has 2 aliphatic heterocycles. The minimum atomic E-state index is -3.73. The Kier molecular flexibility index (Phi) is 11.7. The number of sulfonamides is 1. The smallest absolute Gasteiger partial charge is 0.409 e. The maximum Gasteiger partial charge on any atom is 0.409 e. The summed E-state index contributed by atoms with van der Waals surface area (Å²) in [5, 5.41) is 3.94. The van der Waals surface area contributed by atoms with Gasteiger partial charge in [0.1, 0.15) is 11.3 Å². The molecule has 240 valence electrons. The molecule has 1 N–H and O–H groups in total. The van der Waals surface area contributed by atoms with Gasteiger partial charge < -0.3 is 24.6 Å². The van der Waals surface area contributed by atoms with E-state index in [1.165, 1.54) is 33.5 Å². The van der Waals surface area contributed by atoms with Crippen LogP contribution in [0.3, 0.4) is 0 Å². The highest BCUT2D eigenvalue weighted by Gasteiger charge is 2.30. The van der Waals surface area contributed by atoms with Crippen LogP contribution in [-0.4, -0.2) is 118 Å². The van der Waals surface area contributed by atoms with Gasteiger partial charge in [0.2, 0.25) is 10.0 Å². The Balaban J connectivity index is 0.00000442. The van der Waals surface area contributed by atoms with E-state index in [1.54, 1.807) is 18.3 Å². The number of amides is 2. The zero-order valence-corrected chi connectivity index (χ0v) is 27.4. The molecule has 0 aliphatic carbocycles. The summed E-state index contributed by atoms with van der Waals surface area (Å²) < 4.78 is 39.4. The Morgan fingerprint density at radius 3 is 2.30 bits per heavy atom. The van der Waals surface area contributed by atoms with Crippen LogP contribution in [0.1, 0.15) is 24.2 Å². The molecule has 44 heavy (non-hydrogen) atoms. The number of carbonyl (C=O) groups is 2. The molecule has 0 atom stereocenters. The number of nitrogens with zero attached hydrogens (tertiary/aromatic N) is 5. The second-order valence-electron chi connectivity index (χ2n) is 10.2. The molecule has 15 heteroatoms. The third kappa shape index (κ3) is 7.72. The summed E-state index contributed by atoms with van der Waals surface area (Å²) in [6, 6.07) is 12.0. The highest BCUT2D eigenvalue weighted by Crippen LogP contribution is 2.34. The predicted octanol–water partition coefficient (Wildman–Crippen LogP) is 3.13. The molecule has 2 aliphatic rings. The topological polar surface area (TPSA) is 125 Å². The predicted molar refractivity (Wildman–Crippen MR) is 173 cm³/mol. The number of ether oxygens (including phenoxy) is 2. The molecule has 12 nitrogen and oxygen atoms in total. The number of hydrogen-bond donors (Lipinski definition) is 1. The van der Waals surface area contributed by atoms with Crippen molar-refractivity contribution in [1.82, 2.24) is 24.4 Å². The van der Waals surface area contributed by atoms with E-state index in [9.17, 15) is 18.0 Å². The van der Waals surface area contributed by atoms with Crippen molar-refractivity contribution in [1.29, 1.82) is 0 Å². The Morgan fingerprint density at radius 2 is 1.64 bits per heavy atom. The van der Waals surface area contributed by atoms with Crippen molar-refractivity contribution in [3.05, 3.63) is 48.0 Å². The minimum absolute atomic E-state index is 0. The molecule has 2 amide bonds. The SMILES string of the molecule is CCOC(=O)N1CCN(S(=O)(=O)c2ccc(C(=O)NCCN3CCN(c4nc5c(OCC)cccc5s4)CC3)cc2)CC1.Cl. The lowest BCUT2D eigenvalue weighted by molar-refractivity contribution is 0.0932. The first kappa shape index (κ1) is 33.7. The highest BCUT2D eigenvalue weighted by atomic mass is 35.5. The van der Waals surface area contributed by atoms with Gasteiger partial charge in [-0.25, -0.2) is 18.2 Å². The lowest BCUT2D eigenvalue weighted by atomic mass is 10.2. The molecule has 2 fully saturated rings. The van der Waals surface area contributed by atoms with Crippen molar-refractivity contribution in [2.24, 2.45) is 0 Å². The maximum atomic E-state index is 13.1. The van der Waals surface area contributed by atoms with Crippen molar-refractivity contribution in [2.45, 2.75) is 18.7 Å². The molecule has 0 radical (unpaired) electrons. The van der Waals surface area contributed by atoms with Gasteiger partial charge in [-0.1, -0.05) is 17.4 Å². The zero-order valence-electron chi connectivity index (χ0n) is 24.9. The summed E-state index contributed by atoms with van der Waals surface area (Å²) in [6.07, 6.45) is -0.432. The van der Waals surface area contributed by atoms with Crippen LogP contribution in [0.15, 0.2) is 47.4 Å². The Labute approximate surface area is 268 Å². The number of para-hydroxylation sites is 1. The standard InChI is InChI=1S/C29H38N6O6S2.ClH/c1-3-40-24-6-5-7-25-26(24)31-28(42-25)33-16-14-32(15-17-33)13-12-30-27(36)22-8-10-23(11-9-22)43(38,39)35-20-18-34(19-21-35)29(37)41-4-2;/h5-11H,3-4,12-21H2,1-2H3,(H,30,36);1H. The third-order valence-corrected chi connectivity index (χ3v) is 10.5. The number of hydrogen-bond acceptors (Lipinski definition) is 10. The van der Waals surface area contributed by atoms with Crippen LogP contribution in [0.4, 0.5) is 9.93 Å². The first-order valence-electron chi connectivity index (χ1n) is 14.6. The summed E-state index contributed by atoms with van der Waals surface area (Å²) >= 11 is 1.68. The average molecular weight is 667 g/mol. The molecule has 0 saturated carbocycles. The molecule has 2 aromatic carbocycles. The van der Waals surface area contributed by atoms with E-state index in [-0.39, 0.29) is 56.0 Å². The van der Waals surface area contributed by atoms with Gasteiger partial charge in [0.05, 0.1) is 22.8 Å². The molecule has 1 aromatic heterocycles. The number of halogens is 1. The van der Waals surface area contributed by atoms with E-state index in [1.807, 2.05) is 19.1 Å². The number of nitrogens with one attached hydrogen (secondary N) is 1. The van der Waals surface area contributed by atoms with Crippen molar-refractivity contribution in [3.63, 3.8) is 0 Å². The number of aromatic nitrogens is 1. The highest BCUT2D eigenvalue weighted by molar-refractivity contribution is 7.89. The van der Waals surface area contributed by atoms with Crippen molar-refractivity contribution < 1.29 is 27.5 Å². The normalized spacial score (nSPS) is 16.4. The molecule has 3 aromatic rings. The van der Waals surface area contributed by atoms with E-state index < -0.39 is 16.1 Å². The van der Waals surface area contributed by atoms with Gasteiger partial charge >= 0.3 is 6.09 Å². The molecule has 2 saturated heterocycles. The lowest BCUT2D eigenvalue weighted by Gasteiger charge is -2.34. The van der Waals surface area contributed by atoms with E-state index in [0.717, 1.165) is 53.8 Å². The average Bonchev–Trinajstić information content (AvgIpc) is 3.47. The van der Waals surface area contributed by atoms with Crippen LogP contribution in [-0.2, 0) is 14.8 Å². The summed E-state index contributed by atoms with van der Waals surface area (Å²) in [5.41, 5.74) is 1.31. The van der Waals surface area contributed by atoms with Crippen molar-refractivity contribution >= 4 is 61.1 Å². The van der Waals surface area contributed by atoms with Gasteiger partial charge in [0.25, 0.3) is 5.91 Å². The van der Waals surface area contributed by atoms with Crippen LogP contribution in [0, 0.1) is 0 Å². The number of thiazole rings is 1. The minimum Gasteiger partial charge on any atom is -0.492 e. The Bertz CT molecular complexity index is 1520. The number of benzene rings is 2. The number of rotatable bonds is 10. The largest absolute Gasteiger partial charge is 0.492 e. The van der Waals surface area contributed by atoms with Crippen LogP contribution in [0.2, 0.25) is 0 Å². The molecule has 0 bridgehead atoms. The summed E-state index contributed by atoms with van der Waals surface area (Å²) in [6.45, 7) is 10.1. The lowest BCUT2D eigenvalue weighted by Crippen LogP contribution is -2.50. The van der Waals surface area contributed by atoms with Crippen LogP contribution < -0.4 is 15.0 Å². The fourth-order valence-electron chi connectivity index (χ4n) is 5.16. The summed E-state index contributed by atoms with van der Waals surface area (Å²) in [4.78, 5) is 35.7. The fraction of sp³-hybridized carbons (Fsp3) is 0.483. The maximum absolute atomic E-state index is 13.1. The Hall–Kier alpha value is -3.17.